The smallest absolute Gasteiger partial charge is 0.223 e. The lowest BCUT2D eigenvalue weighted by molar-refractivity contribution is -0.129. The minimum Gasteiger partial charge on any atom is -0.340 e. The molecule has 1 amide bonds. The van der Waals surface area contributed by atoms with Crippen molar-refractivity contribution in [2.75, 3.05) is 13.1 Å². The molecule has 1 aliphatic rings. The van der Waals surface area contributed by atoms with Gasteiger partial charge in [0.15, 0.2) is 0 Å². The fourth-order valence-corrected chi connectivity index (χ4v) is 3.76. The molecular formula is C15H21FN2O3S. The van der Waals surface area contributed by atoms with Crippen LogP contribution in [0.4, 0.5) is 4.39 Å². The van der Waals surface area contributed by atoms with Crippen molar-refractivity contribution in [2.24, 2.45) is 5.92 Å². The predicted molar refractivity (Wildman–Crippen MR) is 82.0 cm³/mol. The third-order valence-corrected chi connectivity index (χ3v) is 5.04. The van der Waals surface area contributed by atoms with Crippen molar-refractivity contribution < 1.29 is 17.6 Å². The Labute approximate surface area is 130 Å². The first-order valence-corrected chi connectivity index (χ1v) is 8.93. The van der Waals surface area contributed by atoms with Crippen LogP contribution in [0.2, 0.25) is 0 Å². The first kappa shape index (κ1) is 16.9. The monoisotopic (exact) mass is 328 g/mol. The molecule has 0 spiro atoms. The molecule has 1 aliphatic heterocycles. The van der Waals surface area contributed by atoms with E-state index in [-0.39, 0.29) is 30.2 Å². The summed E-state index contributed by atoms with van der Waals surface area (Å²) in [5.74, 6) is -0.523. The van der Waals surface area contributed by atoms with Crippen LogP contribution in [0.1, 0.15) is 25.8 Å². The molecule has 7 heteroatoms. The summed E-state index contributed by atoms with van der Waals surface area (Å²) in [5.41, 5.74) is 0.528. The lowest BCUT2D eigenvalue weighted by Crippen LogP contribution is -2.34. The number of likely N-dealkylation sites (tertiary alicyclic amines) is 1. The second kappa shape index (κ2) is 6.75. The van der Waals surface area contributed by atoms with E-state index in [4.69, 9.17) is 0 Å². The third kappa shape index (κ3) is 4.51. The number of amides is 1. The molecule has 2 rings (SSSR count). The van der Waals surface area contributed by atoms with Gasteiger partial charge in [-0.3, -0.25) is 4.79 Å². The highest BCUT2D eigenvalue weighted by Crippen LogP contribution is 2.19. The molecule has 1 fully saturated rings. The molecule has 1 N–H and O–H groups in total. The molecule has 1 atom stereocenters. The molecule has 1 heterocycles. The molecule has 1 aromatic carbocycles. The second-order valence-corrected chi connectivity index (χ2v) is 7.75. The zero-order chi connectivity index (χ0) is 16.3. The van der Waals surface area contributed by atoms with Gasteiger partial charge >= 0.3 is 0 Å². The van der Waals surface area contributed by atoms with Gasteiger partial charge in [0.2, 0.25) is 15.9 Å². The summed E-state index contributed by atoms with van der Waals surface area (Å²) in [5, 5.41) is 0. The molecule has 0 saturated carbocycles. The summed E-state index contributed by atoms with van der Waals surface area (Å²) < 4.78 is 39.4. The Hall–Kier alpha value is -1.47. The number of carbonyl (C=O) groups is 1. The Morgan fingerprint density at radius 2 is 1.95 bits per heavy atom. The van der Waals surface area contributed by atoms with Crippen molar-refractivity contribution >= 4 is 15.9 Å². The van der Waals surface area contributed by atoms with Gasteiger partial charge in [-0.05, 0) is 37.5 Å². The van der Waals surface area contributed by atoms with Gasteiger partial charge in [-0.1, -0.05) is 12.1 Å². The highest BCUT2D eigenvalue weighted by molar-refractivity contribution is 7.88. The van der Waals surface area contributed by atoms with Gasteiger partial charge in [0.05, 0.1) is 5.75 Å². The Morgan fingerprint density at radius 1 is 1.32 bits per heavy atom. The Kier molecular flexibility index (Phi) is 5.18. The van der Waals surface area contributed by atoms with Crippen LogP contribution < -0.4 is 4.72 Å². The first-order valence-electron chi connectivity index (χ1n) is 7.28. The third-order valence-electron chi connectivity index (χ3n) is 3.72. The minimum atomic E-state index is -3.49. The van der Waals surface area contributed by atoms with Crippen LogP contribution in [0.5, 0.6) is 0 Å². The molecule has 0 aliphatic carbocycles. The normalized spacial score (nSPS) is 19.2. The number of nitrogens with zero attached hydrogens (tertiary/aromatic N) is 1. The van der Waals surface area contributed by atoms with E-state index < -0.39 is 15.8 Å². The van der Waals surface area contributed by atoms with Crippen LogP contribution in [0, 0.1) is 11.7 Å². The van der Waals surface area contributed by atoms with Gasteiger partial charge in [-0.2, -0.15) is 0 Å². The largest absolute Gasteiger partial charge is 0.340 e. The van der Waals surface area contributed by atoms with Gasteiger partial charge in [0.1, 0.15) is 5.82 Å². The summed E-state index contributed by atoms with van der Waals surface area (Å²) in [7, 11) is -3.49. The van der Waals surface area contributed by atoms with Crippen LogP contribution in [0.3, 0.4) is 0 Å². The van der Waals surface area contributed by atoms with Crippen molar-refractivity contribution in [3.05, 3.63) is 35.6 Å². The van der Waals surface area contributed by atoms with E-state index in [1.54, 1.807) is 4.90 Å². The lowest BCUT2D eigenvalue weighted by atomic mass is 10.1. The quantitative estimate of drug-likeness (QED) is 0.860. The highest BCUT2D eigenvalue weighted by atomic mass is 32.2. The number of halogens is 1. The summed E-state index contributed by atoms with van der Waals surface area (Å²) in [6.45, 7) is 4.71. The zero-order valence-corrected chi connectivity index (χ0v) is 13.6. The van der Waals surface area contributed by atoms with Gasteiger partial charge in [-0.15, -0.1) is 0 Å². The van der Waals surface area contributed by atoms with E-state index in [0.717, 1.165) is 0 Å². The van der Waals surface area contributed by atoms with Crippen molar-refractivity contribution in [2.45, 2.75) is 32.1 Å². The number of carbonyl (C=O) groups excluding carboxylic acids is 1. The van der Waals surface area contributed by atoms with E-state index in [0.29, 0.717) is 18.5 Å². The lowest BCUT2D eigenvalue weighted by Gasteiger charge is -2.21. The Balaban J connectivity index is 1.88. The number of rotatable bonds is 6. The van der Waals surface area contributed by atoms with Crippen molar-refractivity contribution in [3.8, 4) is 0 Å². The number of nitrogens with one attached hydrogen (secondary N) is 1. The topological polar surface area (TPSA) is 66.5 Å². The summed E-state index contributed by atoms with van der Waals surface area (Å²) >= 11 is 0. The van der Waals surface area contributed by atoms with E-state index in [9.17, 15) is 17.6 Å². The Morgan fingerprint density at radius 3 is 2.50 bits per heavy atom. The standard InChI is InChI=1S/C15H21FN2O3S/c1-11(2)18-9-13(7-15(18)19)8-17-22(20,21)10-12-3-5-14(16)6-4-12/h3-6,11,13,17H,7-10H2,1-2H3. The molecule has 22 heavy (non-hydrogen) atoms. The predicted octanol–water partition coefficient (Wildman–Crippen LogP) is 1.50. The molecule has 0 bridgehead atoms. The molecule has 5 nitrogen and oxygen atoms in total. The molecule has 1 unspecified atom stereocenters. The van der Waals surface area contributed by atoms with Crippen LogP contribution >= 0.6 is 0 Å². The average molecular weight is 328 g/mol. The van der Waals surface area contributed by atoms with Crippen LogP contribution in [0.25, 0.3) is 0 Å². The maximum absolute atomic E-state index is 12.8. The van der Waals surface area contributed by atoms with Gasteiger partial charge < -0.3 is 4.90 Å². The molecular weight excluding hydrogens is 307 g/mol. The Bertz CT molecular complexity index is 629. The van der Waals surface area contributed by atoms with Crippen LogP contribution in [-0.4, -0.2) is 38.4 Å². The second-order valence-electron chi connectivity index (χ2n) is 5.94. The van der Waals surface area contributed by atoms with Crippen molar-refractivity contribution in [3.63, 3.8) is 0 Å². The molecule has 1 aromatic rings. The fraction of sp³-hybridized carbons (Fsp3) is 0.533. The summed E-state index contributed by atoms with van der Waals surface area (Å²) in [6, 6.07) is 5.51. The number of benzene rings is 1. The maximum atomic E-state index is 12.8. The molecule has 0 aromatic heterocycles. The summed E-state index contributed by atoms with van der Waals surface area (Å²) in [6.07, 6.45) is 0.372. The van der Waals surface area contributed by atoms with Crippen LogP contribution in [-0.2, 0) is 20.6 Å². The van der Waals surface area contributed by atoms with Gasteiger partial charge in [-0.25, -0.2) is 17.5 Å². The zero-order valence-electron chi connectivity index (χ0n) is 12.8. The average Bonchev–Trinajstić information content (AvgIpc) is 2.81. The maximum Gasteiger partial charge on any atom is 0.223 e. The van der Waals surface area contributed by atoms with E-state index in [1.807, 2.05) is 13.8 Å². The van der Waals surface area contributed by atoms with Crippen molar-refractivity contribution in [1.29, 1.82) is 0 Å². The molecule has 1 saturated heterocycles. The SMILES string of the molecule is CC(C)N1CC(CNS(=O)(=O)Cc2ccc(F)cc2)CC1=O. The highest BCUT2D eigenvalue weighted by Gasteiger charge is 2.31. The molecule has 122 valence electrons. The summed E-state index contributed by atoms with van der Waals surface area (Å²) in [4.78, 5) is 13.5. The number of hydrogen-bond donors (Lipinski definition) is 1. The van der Waals surface area contributed by atoms with Crippen LogP contribution in [0.15, 0.2) is 24.3 Å². The number of hydrogen-bond acceptors (Lipinski definition) is 3. The first-order chi connectivity index (χ1) is 10.3. The van der Waals surface area contributed by atoms with Crippen molar-refractivity contribution in [1.82, 2.24) is 9.62 Å². The minimum absolute atomic E-state index is 0.00195. The van der Waals surface area contributed by atoms with Gasteiger partial charge in [0.25, 0.3) is 0 Å². The van der Waals surface area contributed by atoms with E-state index in [2.05, 4.69) is 4.72 Å². The van der Waals surface area contributed by atoms with Gasteiger partial charge in [0, 0.05) is 25.6 Å². The number of sulfonamides is 1. The fourth-order valence-electron chi connectivity index (χ4n) is 2.54. The van der Waals surface area contributed by atoms with E-state index in [1.165, 1.54) is 24.3 Å². The molecule has 0 radical (unpaired) electrons. The van der Waals surface area contributed by atoms with E-state index >= 15 is 0 Å².